The number of primary amides is 1. The molecular weight excluding hydrogens is 300 g/mol. The molecule has 1 aromatic heterocycles. The topological polar surface area (TPSA) is 82.2 Å². The van der Waals surface area contributed by atoms with Gasteiger partial charge in [0.2, 0.25) is 5.91 Å². The van der Waals surface area contributed by atoms with E-state index in [0.29, 0.717) is 11.2 Å². The summed E-state index contributed by atoms with van der Waals surface area (Å²) in [6.45, 7) is 1.71. The maximum absolute atomic E-state index is 12.9. The maximum atomic E-state index is 12.9. The van der Waals surface area contributed by atoms with Crippen molar-refractivity contribution in [3.63, 3.8) is 0 Å². The van der Waals surface area contributed by atoms with Crippen molar-refractivity contribution in [1.29, 1.82) is 0 Å². The zero-order chi connectivity index (χ0) is 15.9. The molecule has 1 heterocycles. The fraction of sp³-hybridized carbons (Fsp3) is 0.0625. The monoisotopic (exact) mass is 314 g/mol. The highest BCUT2D eigenvalue weighted by molar-refractivity contribution is 7.90. The van der Waals surface area contributed by atoms with Crippen LogP contribution in [0.15, 0.2) is 59.5 Å². The van der Waals surface area contributed by atoms with Crippen LogP contribution in [0, 0.1) is 6.92 Å². The fourth-order valence-corrected chi connectivity index (χ4v) is 4.05. The van der Waals surface area contributed by atoms with Crippen LogP contribution in [0.1, 0.15) is 16.1 Å². The van der Waals surface area contributed by atoms with Crippen LogP contribution in [0.25, 0.3) is 10.9 Å². The molecule has 0 saturated carbocycles. The number of benzene rings is 2. The Hall–Kier alpha value is -2.60. The van der Waals surface area contributed by atoms with E-state index in [1.807, 2.05) is 0 Å². The summed E-state index contributed by atoms with van der Waals surface area (Å²) >= 11 is 0. The lowest BCUT2D eigenvalue weighted by atomic mass is 10.1. The maximum Gasteiger partial charge on any atom is 0.268 e. The van der Waals surface area contributed by atoms with Crippen molar-refractivity contribution in [3.05, 3.63) is 65.9 Å². The summed E-state index contributed by atoms with van der Waals surface area (Å²) in [5.41, 5.74) is 6.57. The minimum absolute atomic E-state index is 0.195. The average molecular weight is 314 g/mol. The summed E-state index contributed by atoms with van der Waals surface area (Å²) in [5, 5.41) is 0.738. The fourth-order valence-electron chi connectivity index (χ4n) is 2.49. The molecule has 1 amide bonds. The minimum atomic E-state index is -3.73. The largest absolute Gasteiger partial charge is 0.366 e. The van der Waals surface area contributed by atoms with Gasteiger partial charge in [-0.25, -0.2) is 12.4 Å². The molecule has 6 heteroatoms. The molecule has 0 bridgehead atoms. The third-order valence-electron chi connectivity index (χ3n) is 3.50. The van der Waals surface area contributed by atoms with Crippen LogP contribution in [0.2, 0.25) is 0 Å². The van der Waals surface area contributed by atoms with Gasteiger partial charge in [0.05, 0.1) is 10.4 Å². The van der Waals surface area contributed by atoms with Crippen molar-refractivity contribution in [2.24, 2.45) is 5.73 Å². The van der Waals surface area contributed by atoms with Gasteiger partial charge >= 0.3 is 0 Å². The van der Waals surface area contributed by atoms with Gasteiger partial charge < -0.3 is 5.73 Å². The second kappa shape index (κ2) is 4.99. The Balaban J connectivity index is 2.33. The standard InChI is InChI=1S/C16H14N2O3S/c1-11-9-12-7-8-13(16(17)19)10-15(12)18(11)22(20,21)14-5-3-2-4-6-14/h2-10H,1H3,(H2,17,19). The quantitative estimate of drug-likeness (QED) is 0.805. The van der Waals surface area contributed by atoms with Crippen LogP contribution >= 0.6 is 0 Å². The number of carbonyl (C=O) groups excluding carboxylic acids is 1. The second-order valence-corrected chi connectivity index (χ2v) is 6.79. The molecule has 0 spiro atoms. The zero-order valence-corrected chi connectivity index (χ0v) is 12.7. The Kier molecular flexibility index (Phi) is 3.26. The van der Waals surface area contributed by atoms with Gasteiger partial charge in [-0.15, -0.1) is 0 Å². The van der Waals surface area contributed by atoms with Gasteiger partial charge in [0.25, 0.3) is 10.0 Å². The summed E-state index contributed by atoms with van der Waals surface area (Å²) < 4.78 is 27.0. The average Bonchev–Trinajstić information content (AvgIpc) is 2.83. The summed E-state index contributed by atoms with van der Waals surface area (Å²) in [5.74, 6) is -0.593. The van der Waals surface area contributed by atoms with Crippen LogP contribution < -0.4 is 5.73 Å². The van der Waals surface area contributed by atoms with Crippen LogP contribution in [-0.2, 0) is 10.0 Å². The van der Waals surface area contributed by atoms with Crippen LogP contribution in [0.4, 0.5) is 0 Å². The molecule has 5 nitrogen and oxygen atoms in total. The van der Waals surface area contributed by atoms with Crippen molar-refractivity contribution in [3.8, 4) is 0 Å². The predicted octanol–water partition coefficient (Wildman–Crippen LogP) is 2.29. The number of rotatable bonds is 3. The van der Waals surface area contributed by atoms with Gasteiger partial charge in [-0.05, 0) is 37.3 Å². The Morgan fingerprint density at radius 2 is 1.73 bits per heavy atom. The molecule has 0 aliphatic carbocycles. The number of fused-ring (bicyclic) bond motifs is 1. The molecule has 0 aliphatic rings. The highest BCUT2D eigenvalue weighted by Crippen LogP contribution is 2.26. The van der Waals surface area contributed by atoms with E-state index in [4.69, 9.17) is 5.73 Å². The van der Waals surface area contributed by atoms with E-state index in [1.165, 1.54) is 10.0 Å². The number of aryl methyl sites for hydroxylation is 1. The van der Waals surface area contributed by atoms with Crippen LogP contribution in [0.3, 0.4) is 0 Å². The third kappa shape index (κ3) is 2.17. The first-order chi connectivity index (χ1) is 10.4. The predicted molar refractivity (Wildman–Crippen MR) is 84.2 cm³/mol. The van der Waals surface area contributed by atoms with E-state index < -0.39 is 15.9 Å². The van der Waals surface area contributed by atoms with Gasteiger partial charge in [-0.1, -0.05) is 24.3 Å². The Bertz CT molecular complexity index is 973. The van der Waals surface area contributed by atoms with Gasteiger partial charge in [0.1, 0.15) is 0 Å². The molecule has 0 saturated heterocycles. The summed E-state index contributed by atoms with van der Waals surface area (Å²) in [4.78, 5) is 11.5. The van der Waals surface area contributed by atoms with E-state index in [2.05, 4.69) is 0 Å². The molecule has 0 radical (unpaired) electrons. The summed E-state index contributed by atoms with van der Waals surface area (Å²) in [7, 11) is -3.73. The molecule has 2 N–H and O–H groups in total. The van der Waals surface area contributed by atoms with E-state index in [9.17, 15) is 13.2 Å². The molecule has 2 aromatic carbocycles. The number of hydrogen-bond donors (Lipinski definition) is 1. The number of carbonyl (C=O) groups is 1. The van der Waals surface area contributed by atoms with Crippen molar-refractivity contribution >= 4 is 26.8 Å². The van der Waals surface area contributed by atoms with Crippen LogP contribution in [-0.4, -0.2) is 18.3 Å². The number of nitrogens with zero attached hydrogens (tertiary/aromatic N) is 1. The molecule has 0 fully saturated rings. The first-order valence-electron chi connectivity index (χ1n) is 6.64. The number of aromatic nitrogens is 1. The van der Waals surface area contributed by atoms with Crippen molar-refractivity contribution < 1.29 is 13.2 Å². The van der Waals surface area contributed by atoms with Crippen molar-refractivity contribution in [2.45, 2.75) is 11.8 Å². The van der Waals surface area contributed by atoms with Gasteiger partial charge in [0.15, 0.2) is 0 Å². The molecular formula is C16H14N2O3S. The molecule has 22 heavy (non-hydrogen) atoms. The molecule has 3 aromatic rings. The van der Waals surface area contributed by atoms with Gasteiger partial charge in [-0.3, -0.25) is 4.79 Å². The number of nitrogens with two attached hydrogens (primary N) is 1. The highest BCUT2D eigenvalue weighted by atomic mass is 32.2. The number of hydrogen-bond acceptors (Lipinski definition) is 3. The molecule has 0 unspecified atom stereocenters. The molecule has 112 valence electrons. The van der Waals surface area contributed by atoms with E-state index >= 15 is 0 Å². The smallest absolute Gasteiger partial charge is 0.268 e. The molecule has 0 atom stereocenters. The van der Waals surface area contributed by atoms with Crippen LogP contribution in [0.5, 0.6) is 0 Å². The minimum Gasteiger partial charge on any atom is -0.366 e. The Morgan fingerprint density at radius 3 is 2.36 bits per heavy atom. The van der Waals surface area contributed by atoms with E-state index in [1.54, 1.807) is 55.5 Å². The van der Waals surface area contributed by atoms with Crippen molar-refractivity contribution in [2.75, 3.05) is 0 Å². The summed E-state index contributed by atoms with van der Waals surface area (Å²) in [6, 6.07) is 14.7. The Labute approximate surface area is 128 Å². The second-order valence-electron chi connectivity index (χ2n) is 5.01. The Morgan fingerprint density at radius 1 is 1.05 bits per heavy atom. The third-order valence-corrected chi connectivity index (χ3v) is 5.33. The lowest BCUT2D eigenvalue weighted by molar-refractivity contribution is 0.100. The zero-order valence-electron chi connectivity index (χ0n) is 11.9. The van der Waals surface area contributed by atoms with Gasteiger partial charge in [0, 0.05) is 16.6 Å². The van der Waals surface area contributed by atoms with Crippen molar-refractivity contribution in [1.82, 2.24) is 3.97 Å². The SMILES string of the molecule is Cc1cc2ccc(C(N)=O)cc2n1S(=O)(=O)c1ccccc1. The van der Waals surface area contributed by atoms with E-state index in [-0.39, 0.29) is 10.5 Å². The lowest BCUT2D eigenvalue weighted by Crippen LogP contribution is -2.15. The number of amides is 1. The molecule has 0 aliphatic heterocycles. The lowest BCUT2D eigenvalue weighted by Gasteiger charge is -2.10. The molecule has 3 rings (SSSR count). The van der Waals surface area contributed by atoms with E-state index in [0.717, 1.165) is 5.39 Å². The highest BCUT2D eigenvalue weighted by Gasteiger charge is 2.21. The first-order valence-corrected chi connectivity index (χ1v) is 8.08. The normalized spacial score (nSPS) is 11.7. The van der Waals surface area contributed by atoms with Gasteiger partial charge in [-0.2, -0.15) is 0 Å². The first kappa shape index (κ1) is 14.3. The summed E-state index contributed by atoms with van der Waals surface area (Å²) in [6.07, 6.45) is 0.